The van der Waals surface area contributed by atoms with E-state index in [9.17, 15) is 9.59 Å². The van der Waals surface area contributed by atoms with E-state index in [1.807, 2.05) is 20.8 Å². The summed E-state index contributed by atoms with van der Waals surface area (Å²) >= 11 is 0. The Kier molecular flexibility index (Phi) is 2.43. The molecule has 0 aliphatic carbocycles. The number of aliphatic carboxylic acids is 1. The second-order valence-electron chi connectivity index (χ2n) is 4.53. The third-order valence-corrected chi connectivity index (χ3v) is 2.45. The predicted octanol–water partition coefficient (Wildman–Crippen LogP) is 0.605. The van der Waals surface area contributed by atoms with Crippen LogP contribution in [0.5, 0.6) is 0 Å². The molecule has 0 saturated carbocycles. The van der Waals surface area contributed by atoms with Crippen molar-refractivity contribution in [2.75, 3.05) is 13.6 Å². The van der Waals surface area contributed by atoms with Crippen LogP contribution in [0.2, 0.25) is 0 Å². The molecule has 0 radical (unpaired) electrons. The van der Waals surface area contributed by atoms with Gasteiger partial charge in [0.1, 0.15) is 6.04 Å². The number of amides is 2. The first-order chi connectivity index (χ1) is 6.25. The van der Waals surface area contributed by atoms with E-state index >= 15 is 0 Å². The zero-order chi connectivity index (χ0) is 11.1. The summed E-state index contributed by atoms with van der Waals surface area (Å²) in [5, 5.41) is 8.86. The average molecular weight is 200 g/mol. The summed E-state index contributed by atoms with van der Waals surface area (Å²) in [6.45, 7) is 5.93. The van der Waals surface area contributed by atoms with E-state index < -0.39 is 12.0 Å². The van der Waals surface area contributed by atoms with Crippen LogP contribution in [0.1, 0.15) is 20.8 Å². The van der Waals surface area contributed by atoms with Crippen LogP contribution in [0.4, 0.5) is 4.79 Å². The second kappa shape index (κ2) is 3.15. The van der Waals surface area contributed by atoms with E-state index in [1.54, 1.807) is 4.90 Å². The third-order valence-electron chi connectivity index (χ3n) is 2.45. The summed E-state index contributed by atoms with van der Waals surface area (Å²) in [4.78, 5) is 25.3. The van der Waals surface area contributed by atoms with Gasteiger partial charge in [0.25, 0.3) is 0 Å². The lowest BCUT2D eigenvalue weighted by Crippen LogP contribution is -2.43. The van der Waals surface area contributed by atoms with Gasteiger partial charge >= 0.3 is 12.0 Å². The molecule has 5 nitrogen and oxygen atoms in total. The van der Waals surface area contributed by atoms with Crippen LogP contribution in [0.25, 0.3) is 0 Å². The zero-order valence-corrected chi connectivity index (χ0v) is 8.94. The van der Waals surface area contributed by atoms with E-state index in [-0.39, 0.29) is 18.1 Å². The molecule has 80 valence electrons. The number of carboxylic acid groups (broad SMARTS) is 1. The smallest absolute Gasteiger partial charge is 0.328 e. The summed E-state index contributed by atoms with van der Waals surface area (Å²) < 4.78 is 0. The van der Waals surface area contributed by atoms with Gasteiger partial charge in [-0.3, -0.25) is 0 Å². The number of carbonyl (C=O) groups excluding carboxylic acids is 1. The summed E-state index contributed by atoms with van der Waals surface area (Å²) in [5.41, 5.74) is -0.324. The maximum absolute atomic E-state index is 11.7. The molecule has 2 amide bonds. The fraction of sp³-hybridized carbons (Fsp3) is 0.778. The van der Waals surface area contributed by atoms with Gasteiger partial charge in [0.2, 0.25) is 0 Å². The summed E-state index contributed by atoms with van der Waals surface area (Å²) in [6, 6.07) is -0.938. The molecule has 5 heteroatoms. The zero-order valence-electron chi connectivity index (χ0n) is 8.94. The highest BCUT2D eigenvalue weighted by molar-refractivity contribution is 5.86. The Balaban J connectivity index is 2.88. The molecule has 1 aliphatic heterocycles. The first-order valence-electron chi connectivity index (χ1n) is 4.52. The quantitative estimate of drug-likeness (QED) is 0.674. The number of nitrogens with zero attached hydrogens (tertiary/aromatic N) is 2. The van der Waals surface area contributed by atoms with E-state index in [2.05, 4.69) is 0 Å². The molecule has 1 N–H and O–H groups in total. The van der Waals surface area contributed by atoms with Crippen LogP contribution in [0.15, 0.2) is 0 Å². The van der Waals surface area contributed by atoms with Crippen LogP contribution in [0.3, 0.4) is 0 Å². The van der Waals surface area contributed by atoms with Crippen molar-refractivity contribution in [3.63, 3.8) is 0 Å². The fourth-order valence-corrected chi connectivity index (χ4v) is 1.50. The number of urea groups is 1. The van der Waals surface area contributed by atoms with Gasteiger partial charge in [-0.25, -0.2) is 9.59 Å². The van der Waals surface area contributed by atoms with Crippen molar-refractivity contribution >= 4 is 12.0 Å². The summed E-state index contributed by atoms with van der Waals surface area (Å²) in [5.74, 6) is -0.951. The van der Waals surface area contributed by atoms with Crippen molar-refractivity contribution < 1.29 is 14.7 Å². The lowest BCUT2D eigenvalue weighted by molar-refractivity contribution is -0.140. The molecule has 0 spiro atoms. The van der Waals surface area contributed by atoms with Crippen molar-refractivity contribution in [3.8, 4) is 0 Å². The van der Waals surface area contributed by atoms with Crippen LogP contribution in [-0.2, 0) is 4.79 Å². The minimum Gasteiger partial charge on any atom is -0.480 e. The van der Waals surface area contributed by atoms with E-state index in [0.717, 1.165) is 0 Å². The van der Waals surface area contributed by atoms with Gasteiger partial charge in [0.05, 0.1) is 6.54 Å². The average Bonchev–Trinajstić information content (AvgIpc) is 2.28. The first kappa shape index (κ1) is 10.8. The van der Waals surface area contributed by atoms with Crippen LogP contribution in [-0.4, -0.2) is 52.1 Å². The Hall–Kier alpha value is -1.26. The molecule has 0 aromatic rings. The molecule has 1 atom stereocenters. The van der Waals surface area contributed by atoms with Gasteiger partial charge in [0, 0.05) is 12.6 Å². The van der Waals surface area contributed by atoms with Crippen molar-refractivity contribution in [2.24, 2.45) is 0 Å². The van der Waals surface area contributed by atoms with E-state index in [4.69, 9.17) is 5.11 Å². The summed E-state index contributed by atoms with van der Waals surface area (Å²) in [6.07, 6.45) is 0. The minimum absolute atomic E-state index is 0.218. The van der Waals surface area contributed by atoms with Crippen molar-refractivity contribution in [1.82, 2.24) is 9.80 Å². The molecule has 1 fully saturated rings. The molecule has 14 heavy (non-hydrogen) atoms. The van der Waals surface area contributed by atoms with Crippen LogP contribution < -0.4 is 0 Å². The Bertz CT molecular complexity index is 270. The van der Waals surface area contributed by atoms with Crippen molar-refractivity contribution in [2.45, 2.75) is 32.4 Å². The number of hydrogen-bond acceptors (Lipinski definition) is 2. The van der Waals surface area contributed by atoms with Gasteiger partial charge in [-0.1, -0.05) is 0 Å². The van der Waals surface area contributed by atoms with Crippen molar-refractivity contribution in [3.05, 3.63) is 0 Å². The van der Waals surface area contributed by atoms with Gasteiger partial charge in [0.15, 0.2) is 0 Å². The van der Waals surface area contributed by atoms with Gasteiger partial charge < -0.3 is 14.9 Å². The van der Waals surface area contributed by atoms with Crippen LogP contribution in [0, 0.1) is 0 Å². The Morgan fingerprint density at radius 2 is 2.00 bits per heavy atom. The number of hydrogen-bond donors (Lipinski definition) is 1. The number of likely N-dealkylation sites (N-methyl/N-ethyl adjacent to an activating group) is 1. The number of rotatable bonds is 1. The molecular formula is C9H16N2O3. The lowest BCUT2D eigenvalue weighted by atomic mass is 10.1. The Labute approximate surface area is 83.3 Å². The fourth-order valence-electron chi connectivity index (χ4n) is 1.50. The monoisotopic (exact) mass is 200 g/mol. The highest BCUT2D eigenvalue weighted by Gasteiger charge is 2.43. The molecule has 1 unspecified atom stereocenters. The van der Waals surface area contributed by atoms with Gasteiger partial charge in [-0.05, 0) is 20.8 Å². The van der Waals surface area contributed by atoms with Gasteiger partial charge in [-0.2, -0.15) is 0 Å². The molecular weight excluding hydrogens is 184 g/mol. The number of carbonyl (C=O) groups is 2. The standard InChI is InChI=1S/C9H16N2O3/c1-9(2,3)11-5-6(7(12)13)10(4)8(11)14/h6H,5H2,1-4H3,(H,12,13). The normalized spacial score (nSPS) is 23.1. The van der Waals surface area contributed by atoms with Gasteiger partial charge in [-0.15, -0.1) is 0 Å². The van der Waals surface area contributed by atoms with E-state index in [1.165, 1.54) is 11.9 Å². The molecule has 0 aromatic carbocycles. The summed E-state index contributed by atoms with van der Waals surface area (Å²) in [7, 11) is 1.52. The number of carboxylic acids is 1. The van der Waals surface area contributed by atoms with Crippen LogP contribution >= 0.6 is 0 Å². The first-order valence-corrected chi connectivity index (χ1v) is 4.52. The second-order valence-corrected chi connectivity index (χ2v) is 4.53. The third kappa shape index (κ3) is 1.66. The molecule has 1 aliphatic rings. The maximum atomic E-state index is 11.7. The highest BCUT2D eigenvalue weighted by Crippen LogP contribution is 2.23. The minimum atomic E-state index is -0.951. The molecule has 0 aromatic heterocycles. The predicted molar refractivity (Wildman–Crippen MR) is 51.0 cm³/mol. The molecule has 0 bridgehead atoms. The van der Waals surface area contributed by atoms with E-state index in [0.29, 0.717) is 0 Å². The topological polar surface area (TPSA) is 60.9 Å². The SMILES string of the molecule is CN1C(=O)N(C(C)(C)C)CC1C(=O)O. The molecule has 1 saturated heterocycles. The molecule has 1 heterocycles. The van der Waals surface area contributed by atoms with Crippen molar-refractivity contribution in [1.29, 1.82) is 0 Å². The highest BCUT2D eigenvalue weighted by atomic mass is 16.4. The molecule has 1 rings (SSSR count). The Morgan fingerprint density at radius 1 is 1.50 bits per heavy atom. The largest absolute Gasteiger partial charge is 0.480 e. The maximum Gasteiger partial charge on any atom is 0.328 e. The lowest BCUT2D eigenvalue weighted by Gasteiger charge is -2.30. The Morgan fingerprint density at radius 3 is 2.21 bits per heavy atom.